The number of hydrogen-bond acceptors (Lipinski definition) is 3. The van der Waals surface area contributed by atoms with Crippen molar-refractivity contribution in [2.24, 2.45) is 0 Å². The van der Waals surface area contributed by atoms with Crippen LogP contribution in [0.1, 0.15) is 10.7 Å². The Morgan fingerprint density at radius 3 is 2.86 bits per heavy atom. The fourth-order valence-electron chi connectivity index (χ4n) is 2.54. The lowest BCUT2D eigenvalue weighted by atomic mass is 10.3. The number of aromatic nitrogens is 2. The number of imidazole rings is 1. The molecule has 21 heavy (non-hydrogen) atoms. The zero-order valence-corrected chi connectivity index (χ0v) is 13.5. The largest absolute Gasteiger partial charge is 0.494 e. The molecular weight excluding hydrogens is 304 g/mol. The van der Waals surface area contributed by atoms with E-state index in [-0.39, 0.29) is 0 Å². The van der Waals surface area contributed by atoms with Gasteiger partial charge in [0.1, 0.15) is 17.1 Å². The molecule has 3 nitrogen and oxygen atoms in total. The Labute approximate surface area is 133 Å². The van der Waals surface area contributed by atoms with Gasteiger partial charge in [-0.05, 0) is 30.0 Å². The van der Waals surface area contributed by atoms with Gasteiger partial charge in [0.2, 0.25) is 0 Å². The number of nitrogens with zero attached hydrogens (tertiary/aromatic N) is 2. The summed E-state index contributed by atoms with van der Waals surface area (Å²) in [6, 6.07) is 10.3. The molecule has 0 spiro atoms. The van der Waals surface area contributed by atoms with Crippen molar-refractivity contribution in [3.8, 4) is 5.75 Å². The third-order valence-corrected chi connectivity index (χ3v) is 4.65. The van der Waals surface area contributed by atoms with Crippen molar-refractivity contribution in [3.63, 3.8) is 0 Å². The molecule has 0 saturated heterocycles. The van der Waals surface area contributed by atoms with Gasteiger partial charge in [0.15, 0.2) is 0 Å². The molecule has 0 atom stereocenters. The third kappa shape index (κ3) is 2.92. The van der Waals surface area contributed by atoms with Crippen LogP contribution in [0.2, 0.25) is 0 Å². The van der Waals surface area contributed by atoms with Crippen molar-refractivity contribution in [2.45, 2.75) is 19.4 Å². The van der Waals surface area contributed by atoms with Crippen molar-refractivity contribution >= 4 is 34.0 Å². The van der Waals surface area contributed by atoms with Crippen LogP contribution in [0.4, 0.5) is 0 Å². The summed E-state index contributed by atoms with van der Waals surface area (Å²) >= 11 is 7.72. The monoisotopic (exact) mass is 320 g/mol. The van der Waals surface area contributed by atoms with E-state index < -0.39 is 0 Å². The highest BCUT2D eigenvalue weighted by molar-refractivity contribution is 7.09. The van der Waals surface area contributed by atoms with Crippen LogP contribution in [-0.4, -0.2) is 22.5 Å². The lowest BCUT2D eigenvalue weighted by Gasteiger charge is -2.08. The molecule has 0 N–H and O–H groups in total. The van der Waals surface area contributed by atoms with E-state index in [2.05, 4.69) is 28.1 Å². The summed E-state index contributed by atoms with van der Waals surface area (Å²) in [7, 11) is 1.68. The highest BCUT2D eigenvalue weighted by atomic mass is 35.5. The number of fused-ring (bicyclic) bond motifs is 1. The van der Waals surface area contributed by atoms with Gasteiger partial charge in [-0.2, -0.15) is 0 Å². The van der Waals surface area contributed by atoms with Gasteiger partial charge < -0.3 is 9.30 Å². The number of alkyl halides is 1. The Kier molecular flexibility index (Phi) is 4.46. The van der Waals surface area contributed by atoms with E-state index in [1.165, 1.54) is 4.88 Å². The maximum absolute atomic E-state index is 5.93. The first-order valence-electron chi connectivity index (χ1n) is 6.94. The van der Waals surface area contributed by atoms with Crippen molar-refractivity contribution < 1.29 is 4.74 Å². The minimum Gasteiger partial charge on any atom is -0.494 e. The van der Waals surface area contributed by atoms with Crippen molar-refractivity contribution in [1.82, 2.24) is 9.55 Å². The standard InChI is InChI=1S/C16H17ClN2OS/c1-20-14-6-2-5-13-16(14)18-15(7-9-17)19(13)10-8-12-4-3-11-21-12/h2-6,11H,7-10H2,1H3. The van der Waals surface area contributed by atoms with Gasteiger partial charge >= 0.3 is 0 Å². The first kappa shape index (κ1) is 14.4. The minimum absolute atomic E-state index is 0.574. The Bertz CT molecular complexity index is 721. The molecule has 0 radical (unpaired) electrons. The zero-order chi connectivity index (χ0) is 14.7. The second kappa shape index (κ2) is 6.50. The van der Waals surface area contributed by atoms with E-state index in [0.717, 1.165) is 42.0 Å². The average Bonchev–Trinajstić information content (AvgIpc) is 3.12. The maximum Gasteiger partial charge on any atom is 0.146 e. The summed E-state index contributed by atoms with van der Waals surface area (Å²) in [5.74, 6) is 2.42. The molecule has 3 rings (SSSR count). The van der Waals surface area contributed by atoms with Crippen molar-refractivity contribution in [2.75, 3.05) is 13.0 Å². The second-order valence-corrected chi connectivity index (χ2v) is 6.19. The van der Waals surface area contributed by atoms with Gasteiger partial charge in [-0.15, -0.1) is 22.9 Å². The summed E-state index contributed by atoms with van der Waals surface area (Å²) in [5.41, 5.74) is 2.04. The minimum atomic E-state index is 0.574. The number of benzene rings is 1. The normalized spacial score (nSPS) is 11.1. The van der Waals surface area contributed by atoms with Gasteiger partial charge in [0.05, 0.1) is 12.6 Å². The molecule has 0 amide bonds. The van der Waals surface area contributed by atoms with Gasteiger partial charge in [0.25, 0.3) is 0 Å². The van der Waals surface area contributed by atoms with Gasteiger partial charge in [-0.1, -0.05) is 12.1 Å². The van der Waals surface area contributed by atoms with Crippen LogP contribution < -0.4 is 4.74 Å². The first-order valence-corrected chi connectivity index (χ1v) is 8.35. The highest BCUT2D eigenvalue weighted by Crippen LogP contribution is 2.26. The smallest absolute Gasteiger partial charge is 0.146 e. The Hall–Kier alpha value is -1.52. The number of hydrogen-bond donors (Lipinski definition) is 0. The highest BCUT2D eigenvalue weighted by Gasteiger charge is 2.13. The third-order valence-electron chi connectivity index (χ3n) is 3.52. The molecule has 0 aliphatic heterocycles. The van der Waals surface area contributed by atoms with Crippen molar-refractivity contribution in [1.29, 1.82) is 0 Å². The van der Waals surface area contributed by atoms with Gasteiger partial charge in [0, 0.05) is 23.7 Å². The number of methoxy groups -OCH3 is 1. The lowest BCUT2D eigenvalue weighted by Crippen LogP contribution is -2.06. The van der Waals surface area contributed by atoms with Gasteiger partial charge in [-0.3, -0.25) is 0 Å². The number of para-hydroxylation sites is 1. The molecule has 0 saturated carbocycles. The molecule has 0 aliphatic carbocycles. The summed E-state index contributed by atoms with van der Waals surface area (Å²) in [6.45, 7) is 0.913. The lowest BCUT2D eigenvalue weighted by molar-refractivity contribution is 0.419. The van der Waals surface area contributed by atoms with E-state index in [1.807, 2.05) is 12.1 Å². The molecule has 0 unspecified atom stereocenters. The number of halogens is 1. The number of rotatable bonds is 6. The molecular formula is C16H17ClN2OS. The van der Waals surface area contributed by atoms with E-state index in [9.17, 15) is 0 Å². The Morgan fingerprint density at radius 1 is 1.24 bits per heavy atom. The SMILES string of the molecule is COc1cccc2c1nc(CCCl)n2CCc1cccs1. The summed E-state index contributed by atoms with van der Waals surface area (Å²) < 4.78 is 7.68. The fraction of sp³-hybridized carbons (Fsp3) is 0.312. The predicted molar refractivity (Wildman–Crippen MR) is 88.7 cm³/mol. The van der Waals surface area contributed by atoms with Crippen LogP contribution in [0.3, 0.4) is 0 Å². The number of thiophene rings is 1. The molecule has 2 heterocycles. The topological polar surface area (TPSA) is 27.1 Å². The first-order chi connectivity index (χ1) is 10.3. The van der Waals surface area contributed by atoms with Gasteiger partial charge in [-0.25, -0.2) is 4.98 Å². The Morgan fingerprint density at radius 2 is 2.14 bits per heavy atom. The average molecular weight is 321 g/mol. The molecule has 0 aliphatic rings. The number of aryl methyl sites for hydroxylation is 3. The molecule has 0 bridgehead atoms. The summed E-state index contributed by atoms with van der Waals surface area (Å²) in [5, 5.41) is 2.12. The molecule has 3 aromatic rings. The van der Waals surface area contributed by atoms with Crippen LogP contribution in [0, 0.1) is 0 Å². The fourth-order valence-corrected chi connectivity index (χ4v) is 3.40. The van der Waals surface area contributed by atoms with E-state index in [1.54, 1.807) is 18.4 Å². The molecule has 5 heteroatoms. The van der Waals surface area contributed by atoms with Crippen LogP contribution in [-0.2, 0) is 19.4 Å². The molecule has 0 fully saturated rings. The predicted octanol–water partition coefficient (Wildman–Crippen LogP) is 4.13. The van der Waals surface area contributed by atoms with Crippen molar-refractivity contribution in [3.05, 3.63) is 46.4 Å². The second-order valence-electron chi connectivity index (χ2n) is 4.78. The van der Waals surface area contributed by atoms with E-state index in [0.29, 0.717) is 5.88 Å². The number of ether oxygens (including phenoxy) is 1. The maximum atomic E-state index is 5.93. The molecule has 1 aromatic carbocycles. The molecule has 2 aromatic heterocycles. The van der Waals surface area contributed by atoms with E-state index in [4.69, 9.17) is 21.3 Å². The Balaban J connectivity index is 1.99. The summed E-state index contributed by atoms with van der Waals surface area (Å²) in [4.78, 5) is 6.12. The van der Waals surface area contributed by atoms with Crippen LogP contribution in [0.25, 0.3) is 11.0 Å². The van der Waals surface area contributed by atoms with Crippen LogP contribution in [0.5, 0.6) is 5.75 Å². The van der Waals surface area contributed by atoms with E-state index >= 15 is 0 Å². The zero-order valence-electron chi connectivity index (χ0n) is 11.9. The van der Waals surface area contributed by atoms with Crippen LogP contribution in [0.15, 0.2) is 35.7 Å². The quantitative estimate of drug-likeness (QED) is 0.638. The summed E-state index contributed by atoms with van der Waals surface area (Å²) in [6.07, 6.45) is 1.78. The molecule has 110 valence electrons. The van der Waals surface area contributed by atoms with Crippen LogP contribution >= 0.6 is 22.9 Å².